The Kier molecular flexibility index (Phi) is 3.83. The molecule has 1 heterocycles. The van der Waals surface area contributed by atoms with Gasteiger partial charge in [-0.05, 0) is 18.8 Å². The first kappa shape index (κ1) is 12.6. The Morgan fingerprint density at radius 2 is 2.35 bits per heavy atom. The lowest BCUT2D eigenvalue weighted by molar-refractivity contribution is 0.301. The van der Waals surface area contributed by atoms with Gasteiger partial charge in [0.25, 0.3) is 10.0 Å². The van der Waals surface area contributed by atoms with Gasteiger partial charge >= 0.3 is 0 Å². The second-order valence-electron chi connectivity index (χ2n) is 4.67. The molecule has 0 radical (unpaired) electrons. The number of H-pyrrole nitrogens is 1. The zero-order valence-corrected chi connectivity index (χ0v) is 10.8. The number of rotatable bonds is 4. The van der Waals surface area contributed by atoms with Crippen molar-refractivity contribution in [1.82, 2.24) is 14.7 Å². The van der Waals surface area contributed by atoms with Crippen LogP contribution in [0.4, 0.5) is 0 Å². The van der Waals surface area contributed by atoms with Gasteiger partial charge in [0.2, 0.25) is 0 Å². The van der Waals surface area contributed by atoms with E-state index in [-0.39, 0.29) is 11.1 Å². The maximum atomic E-state index is 12.0. The molecule has 1 aliphatic rings. The van der Waals surface area contributed by atoms with E-state index in [1.54, 1.807) is 0 Å². The van der Waals surface area contributed by atoms with Gasteiger partial charge in [-0.3, -0.25) is 0 Å². The van der Waals surface area contributed by atoms with Gasteiger partial charge in [0.15, 0.2) is 5.03 Å². The van der Waals surface area contributed by atoms with Gasteiger partial charge in [-0.2, -0.15) is 0 Å². The summed E-state index contributed by atoms with van der Waals surface area (Å²) in [4.78, 5) is 6.37. The maximum absolute atomic E-state index is 12.0. The molecule has 0 bridgehead atoms. The Morgan fingerprint density at radius 3 is 3.00 bits per heavy atom. The molecule has 17 heavy (non-hydrogen) atoms. The van der Waals surface area contributed by atoms with Crippen LogP contribution in [-0.2, 0) is 10.0 Å². The second kappa shape index (κ2) is 5.18. The smallest absolute Gasteiger partial charge is 0.257 e. The molecule has 0 aliphatic heterocycles. The molecule has 2 N–H and O–H groups in total. The third kappa shape index (κ3) is 3.07. The SMILES string of the molecule is CCC1CCCC(NS(=O)(=O)c2cnc[nH]2)C1. The van der Waals surface area contributed by atoms with Crippen LogP contribution >= 0.6 is 0 Å². The molecule has 0 aromatic carbocycles. The van der Waals surface area contributed by atoms with Crippen LogP contribution in [0.15, 0.2) is 17.6 Å². The van der Waals surface area contributed by atoms with Crippen molar-refractivity contribution in [2.45, 2.75) is 50.1 Å². The molecule has 1 fully saturated rings. The number of hydrogen-bond acceptors (Lipinski definition) is 3. The Hall–Kier alpha value is -0.880. The van der Waals surface area contributed by atoms with Crippen molar-refractivity contribution < 1.29 is 8.42 Å². The van der Waals surface area contributed by atoms with E-state index in [0.717, 1.165) is 25.7 Å². The molecular formula is C11H19N3O2S. The highest BCUT2D eigenvalue weighted by atomic mass is 32.2. The van der Waals surface area contributed by atoms with E-state index in [1.165, 1.54) is 18.9 Å². The van der Waals surface area contributed by atoms with E-state index >= 15 is 0 Å². The van der Waals surface area contributed by atoms with E-state index in [1.807, 2.05) is 0 Å². The number of sulfonamides is 1. The summed E-state index contributed by atoms with van der Waals surface area (Å²) in [5.74, 6) is 0.651. The molecule has 1 aromatic rings. The standard InChI is InChI=1S/C11H19N3O2S/c1-2-9-4-3-5-10(6-9)14-17(15,16)11-7-12-8-13-11/h7-10,14H,2-6H2,1H3,(H,12,13). The summed E-state index contributed by atoms with van der Waals surface area (Å²) in [7, 11) is -3.42. The minimum Gasteiger partial charge on any atom is -0.335 e. The molecule has 2 unspecified atom stereocenters. The van der Waals surface area contributed by atoms with Crippen molar-refractivity contribution in [2.75, 3.05) is 0 Å². The van der Waals surface area contributed by atoms with Crippen LogP contribution in [0.2, 0.25) is 0 Å². The molecule has 0 spiro atoms. The van der Waals surface area contributed by atoms with E-state index < -0.39 is 10.0 Å². The van der Waals surface area contributed by atoms with Crippen molar-refractivity contribution in [2.24, 2.45) is 5.92 Å². The number of aromatic amines is 1. The van der Waals surface area contributed by atoms with Crippen molar-refractivity contribution in [3.05, 3.63) is 12.5 Å². The Morgan fingerprint density at radius 1 is 1.53 bits per heavy atom. The maximum Gasteiger partial charge on any atom is 0.257 e. The zero-order valence-electron chi connectivity index (χ0n) is 10.0. The van der Waals surface area contributed by atoms with Crippen molar-refractivity contribution in [3.8, 4) is 0 Å². The molecule has 2 atom stereocenters. The summed E-state index contributed by atoms with van der Waals surface area (Å²) in [6, 6.07) is 0.0713. The number of nitrogens with one attached hydrogen (secondary N) is 2. The van der Waals surface area contributed by atoms with Gasteiger partial charge < -0.3 is 4.98 Å². The molecule has 1 aromatic heterocycles. The summed E-state index contributed by atoms with van der Waals surface area (Å²) in [6.45, 7) is 2.16. The van der Waals surface area contributed by atoms with E-state index in [2.05, 4.69) is 21.6 Å². The van der Waals surface area contributed by atoms with Gasteiger partial charge in [0, 0.05) is 6.04 Å². The summed E-state index contributed by atoms with van der Waals surface area (Å²) < 4.78 is 26.7. The van der Waals surface area contributed by atoms with E-state index in [9.17, 15) is 8.42 Å². The summed E-state index contributed by atoms with van der Waals surface area (Å²) in [6.07, 6.45) is 8.05. The first-order chi connectivity index (χ1) is 8.12. The first-order valence-electron chi connectivity index (χ1n) is 6.12. The lowest BCUT2D eigenvalue weighted by Gasteiger charge is -2.28. The third-order valence-electron chi connectivity index (χ3n) is 3.44. The normalized spacial score (nSPS) is 25.9. The number of imidazole rings is 1. The van der Waals surface area contributed by atoms with Gasteiger partial charge in [0.05, 0.1) is 12.5 Å². The monoisotopic (exact) mass is 257 g/mol. The quantitative estimate of drug-likeness (QED) is 0.861. The largest absolute Gasteiger partial charge is 0.335 e. The molecule has 96 valence electrons. The highest BCUT2D eigenvalue weighted by Crippen LogP contribution is 2.27. The molecule has 1 aliphatic carbocycles. The van der Waals surface area contributed by atoms with Crippen LogP contribution in [0.25, 0.3) is 0 Å². The minimum atomic E-state index is -3.42. The summed E-state index contributed by atoms with van der Waals surface area (Å²) >= 11 is 0. The van der Waals surface area contributed by atoms with E-state index in [0.29, 0.717) is 5.92 Å². The Bertz CT molecular complexity index is 441. The average molecular weight is 257 g/mol. The summed E-state index contributed by atoms with van der Waals surface area (Å²) in [5, 5.41) is 0.149. The van der Waals surface area contributed by atoms with Crippen LogP contribution in [0, 0.1) is 5.92 Å². The fourth-order valence-corrected chi connectivity index (χ4v) is 3.63. The van der Waals surface area contributed by atoms with Crippen LogP contribution < -0.4 is 4.72 Å². The highest BCUT2D eigenvalue weighted by molar-refractivity contribution is 7.89. The van der Waals surface area contributed by atoms with Crippen LogP contribution in [0.1, 0.15) is 39.0 Å². The Labute approximate surface area is 102 Å². The fraction of sp³-hybridized carbons (Fsp3) is 0.727. The predicted octanol–water partition coefficient (Wildman–Crippen LogP) is 1.66. The van der Waals surface area contributed by atoms with Gasteiger partial charge in [-0.25, -0.2) is 18.1 Å². The lowest BCUT2D eigenvalue weighted by atomic mass is 9.85. The topological polar surface area (TPSA) is 74.8 Å². The predicted molar refractivity (Wildman–Crippen MR) is 64.9 cm³/mol. The van der Waals surface area contributed by atoms with Gasteiger partial charge in [-0.1, -0.05) is 26.2 Å². The lowest BCUT2D eigenvalue weighted by Crippen LogP contribution is -2.38. The first-order valence-corrected chi connectivity index (χ1v) is 7.61. The highest BCUT2D eigenvalue weighted by Gasteiger charge is 2.26. The average Bonchev–Trinajstić information content (AvgIpc) is 2.83. The van der Waals surface area contributed by atoms with Crippen LogP contribution in [0.5, 0.6) is 0 Å². The van der Waals surface area contributed by atoms with Crippen molar-refractivity contribution in [3.63, 3.8) is 0 Å². The number of hydrogen-bond donors (Lipinski definition) is 2. The molecule has 0 amide bonds. The van der Waals surface area contributed by atoms with Crippen LogP contribution in [0.3, 0.4) is 0 Å². The van der Waals surface area contributed by atoms with Crippen molar-refractivity contribution in [1.29, 1.82) is 0 Å². The number of nitrogens with zero attached hydrogens (tertiary/aromatic N) is 1. The molecule has 5 nitrogen and oxygen atoms in total. The fourth-order valence-electron chi connectivity index (χ4n) is 2.44. The van der Waals surface area contributed by atoms with Crippen LogP contribution in [-0.4, -0.2) is 24.4 Å². The molecule has 2 rings (SSSR count). The molecule has 1 saturated carbocycles. The number of aromatic nitrogens is 2. The second-order valence-corrected chi connectivity index (χ2v) is 6.36. The zero-order chi connectivity index (χ0) is 12.3. The van der Waals surface area contributed by atoms with Crippen molar-refractivity contribution >= 4 is 10.0 Å². The third-order valence-corrected chi connectivity index (χ3v) is 4.89. The summed E-state index contributed by atoms with van der Waals surface area (Å²) in [5.41, 5.74) is 0. The van der Waals surface area contributed by atoms with E-state index in [4.69, 9.17) is 0 Å². The van der Waals surface area contributed by atoms with Gasteiger partial charge in [0.1, 0.15) is 0 Å². The molecular weight excluding hydrogens is 238 g/mol. The molecule has 6 heteroatoms. The van der Waals surface area contributed by atoms with Gasteiger partial charge in [-0.15, -0.1) is 0 Å². The Balaban J connectivity index is 2.01. The molecule has 0 saturated heterocycles. The minimum absolute atomic E-state index is 0.0713.